The van der Waals surface area contributed by atoms with Crippen LogP contribution in [0.5, 0.6) is 5.75 Å². The fourth-order valence-electron chi connectivity index (χ4n) is 2.51. The maximum absolute atomic E-state index is 12.7. The third-order valence-corrected chi connectivity index (χ3v) is 3.87. The summed E-state index contributed by atoms with van der Waals surface area (Å²) in [5.74, 6) is -0.141. The molecular formula is C18H14O5. The molecule has 116 valence electrons. The number of aldehydes is 1. The molecule has 0 spiro atoms. The number of aryl methyl sites for hydroxylation is 1. The van der Waals surface area contributed by atoms with Crippen molar-refractivity contribution in [3.63, 3.8) is 0 Å². The van der Waals surface area contributed by atoms with Crippen LogP contribution in [-0.2, 0) is 6.61 Å². The summed E-state index contributed by atoms with van der Waals surface area (Å²) < 4.78 is 5.52. The molecule has 5 heteroatoms. The molecule has 2 aromatic carbocycles. The lowest BCUT2D eigenvalue weighted by Gasteiger charge is -2.07. The van der Waals surface area contributed by atoms with Crippen LogP contribution < -0.4 is 5.43 Å². The van der Waals surface area contributed by atoms with Gasteiger partial charge in [0.2, 0.25) is 0 Å². The first-order chi connectivity index (χ1) is 11.0. The van der Waals surface area contributed by atoms with Crippen molar-refractivity contribution < 1.29 is 19.4 Å². The molecular weight excluding hydrogens is 296 g/mol. The van der Waals surface area contributed by atoms with Crippen LogP contribution in [0.2, 0.25) is 0 Å². The summed E-state index contributed by atoms with van der Waals surface area (Å²) in [5.41, 5.74) is 2.55. The molecule has 0 bridgehead atoms. The Morgan fingerprint density at radius 3 is 2.70 bits per heavy atom. The van der Waals surface area contributed by atoms with Crippen molar-refractivity contribution in [1.82, 2.24) is 0 Å². The Hall–Kier alpha value is -2.92. The van der Waals surface area contributed by atoms with Crippen LogP contribution in [0, 0.1) is 6.92 Å². The fourth-order valence-corrected chi connectivity index (χ4v) is 2.51. The highest BCUT2D eigenvalue weighted by atomic mass is 16.3. The number of aliphatic hydroxyl groups is 1. The number of phenols is 1. The summed E-state index contributed by atoms with van der Waals surface area (Å²) in [4.78, 5) is 23.6. The number of phenolic OH excluding ortho intramolecular Hbond substituents is 1. The predicted molar refractivity (Wildman–Crippen MR) is 85.6 cm³/mol. The average molecular weight is 310 g/mol. The number of carbonyl (C=O) groups excluding carboxylic acids is 1. The van der Waals surface area contributed by atoms with Gasteiger partial charge in [0.25, 0.3) is 0 Å². The summed E-state index contributed by atoms with van der Waals surface area (Å²) >= 11 is 0. The summed E-state index contributed by atoms with van der Waals surface area (Å²) in [6.07, 6.45) is 1.85. The Balaban J connectivity index is 2.25. The lowest BCUT2D eigenvalue weighted by molar-refractivity contribution is 0.112. The van der Waals surface area contributed by atoms with E-state index >= 15 is 0 Å². The van der Waals surface area contributed by atoms with Crippen molar-refractivity contribution in [1.29, 1.82) is 0 Å². The molecule has 3 rings (SSSR count). The Bertz CT molecular complexity index is 969. The van der Waals surface area contributed by atoms with Crippen LogP contribution in [0.4, 0.5) is 0 Å². The van der Waals surface area contributed by atoms with E-state index in [9.17, 15) is 19.8 Å². The number of benzene rings is 2. The van der Waals surface area contributed by atoms with Crippen LogP contribution >= 0.6 is 0 Å². The Morgan fingerprint density at radius 2 is 2.00 bits per heavy atom. The van der Waals surface area contributed by atoms with Crippen LogP contribution in [0.25, 0.3) is 22.1 Å². The minimum atomic E-state index is -0.235. The van der Waals surface area contributed by atoms with Gasteiger partial charge in [0.15, 0.2) is 11.7 Å². The van der Waals surface area contributed by atoms with Gasteiger partial charge in [-0.2, -0.15) is 0 Å². The van der Waals surface area contributed by atoms with E-state index in [2.05, 4.69) is 0 Å². The monoisotopic (exact) mass is 310 g/mol. The second-order valence-electron chi connectivity index (χ2n) is 5.30. The third kappa shape index (κ3) is 2.51. The molecule has 0 aliphatic carbocycles. The highest BCUT2D eigenvalue weighted by Gasteiger charge is 2.12. The van der Waals surface area contributed by atoms with Gasteiger partial charge in [0, 0.05) is 0 Å². The Labute approximate surface area is 131 Å². The van der Waals surface area contributed by atoms with Gasteiger partial charge in [0.05, 0.1) is 23.1 Å². The zero-order valence-corrected chi connectivity index (χ0v) is 12.4. The van der Waals surface area contributed by atoms with Gasteiger partial charge in [-0.1, -0.05) is 6.07 Å². The number of aromatic hydroxyl groups is 1. The Kier molecular flexibility index (Phi) is 3.72. The molecule has 0 amide bonds. The number of carbonyl (C=O) groups is 1. The number of fused-ring (bicyclic) bond motifs is 1. The van der Waals surface area contributed by atoms with E-state index in [1.807, 2.05) is 6.92 Å². The molecule has 0 saturated heterocycles. The number of hydrogen-bond acceptors (Lipinski definition) is 5. The van der Waals surface area contributed by atoms with Gasteiger partial charge in [-0.05, 0) is 47.9 Å². The zero-order chi connectivity index (χ0) is 16.6. The molecule has 0 radical (unpaired) electrons. The molecule has 0 unspecified atom stereocenters. The Morgan fingerprint density at radius 1 is 1.22 bits per heavy atom. The molecule has 0 atom stereocenters. The maximum atomic E-state index is 12.7. The first kappa shape index (κ1) is 15.0. The van der Waals surface area contributed by atoms with Crippen molar-refractivity contribution in [2.24, 2.45) is 0 Å². The maximum Gasteiger partial charge on any atom is 0.200 e. The molecule has 0 aliphatic heterocycles. The summed E-state index contributed by atoms with van der Waals surface area (Å²) in [6, 6.07) is 7.67. The second kappa shape index (κ2) is 5.70. The van der Waals surface area contributed by atoms with E-state index in [1.165, 1.54) is 18.4 Å². The van der Waals surface area contributed by atoms with Crippen molar-refractivity contribution in [3.8, 4) is 16.9 Å². The lowest BCUT2D eigenvalue weighted by Crippen LogP contribution is -2.06. The number of rotatable bonds is 3. The second-order valence-corrected chi connectivity index (χ2v) is 5.30. The van der Waals surface area contributed by atoms with E-state index in [4.69, 9.17) is 4.42 Å². The van der Waals surface area contributed by atoms with Crippen molar-refractivity contribution in [2.75, 3.05) is 0 Å². The first-order valence-corrected chi connectivity index (χ1v) is 6.99. The van der Waals surface area contributed by atoms with Crippen LogP contribution in [0.3, 0.4) is 0 Å². The molecule has 0 saturated carbocycles. The quantitative estimate of drug-likeness (QED) is 0.726. The van der Waals surface area contributed by atoms with Gasteiger partial charge in [-0.15, -0.1) is 0 Å². The molecule has 23 heavy (non-hydrogen) atoms. The number of aliphatic hydroxyl groups excluding tert-OH is 1. The van der Waals surface area contributed by atoms with Gasteiger partial charge in [-0.3, -0.25) is 9.59 Å². The van der Waals surface area contributed by atoms with E-state index in [0.29, 0.717) is 33.9 Å². The van der Waals surface area contributed by atoms with Crippen LogP contribution in [0.1, 0.15) is 21.5 Å². The van der Waals surface area contributed by atoms with E-state index in [0.717, 1.165) is 5.56 Å². The molecule has 0 aliphatic rings. The zero-order valence-electron chi connectivity index (χ0n) is 12.4. The molecule has 3 aromatic rings. The fraction of sp³-hybridized carbons (Fsp3) is 0.111. The lowest BCUT2D eigenvalue weighted by atomic mass is 10.0. The van der Waals surface area contributed by atoms with Gasteiger partial charge in [0.1, 0.15) is 17.6 Å². The smallest absolute Gasteiger partial charge is 0.200 e. The third-order valence-electron chi connectivity index (χ3n) is 3.87. The average Bonchev–Trinajstić information content (AvgIpc) is 2.56. The minimum Gasteiger partial charge on any atom is -0.507 e. The summed E-state index contributed by atoms with van der Waals surface area (Å²) in [7, 11) is 0. The predicted octanol–water partition coefficient (Wildman–Crippen LogP) is 2.78. The minimum absolute atomic E-state index is 0.105. The molecule has 1 aromatic heterocycles. The van der Waals surface area contributed by atoms with Crippen molar-refractivity contribution in [3.05, 3.63) is 63.5 Å². The topological polar surface area (TPSA) is 87.7 Å². The molecule has 2 N–H and O–H groups in total. The van der Waals surface area contributed by atoms with E-state index < -0.39 is 0 Å². The standard InChI is InChI=1S/C18H14O5/c1-10-4-14-17(6-12(10)7-19)23-9-15(18(14)22)11-2-3-16(21)13(5-11)8-20/h2-6,8-9,19,21H,7H2,1H3. The molecule has 0 fully saturated rings. The van der Waals surface area contributed by atoms with E-state index in [1.54, 1.807) is 18.2 Å². The van der Waals surface area contributed by atoms with Crippen molar-refractivity contribution >= 4 is 17.3 Å². The van der Waals surface area contributed by atoms with Crippen LogP contribution in [0.15, 0.2) is 45.8 Å². The van der Waals surface area contributed by atoms with Crippen molar-refractivity contribution in [2.45, 2.75) is 13.5 Å². The largest absolute Gasteiger partial charge is 0.507 e. The summed E-state index contributed by atoms with van der Waals surface area (Å²) in [6.45, 7) is 1.68. The van der Waals surface area contributed by atoms with Crippen LogP contribution in [-0.4, -0.2) is 16.5 Å². The highest BCUT2D eigenvalue weighted by Crippen LogP contribution is 2.25. The molecule has 1 heterocycles. The number of hydrogen-bond donors (Lipinski definition) is 2. The molecule has 5 nitrogen and oxygen atoms in total. The van der Waals surface area contributed by atoms with E-state index in [-0.39, 0.29) is 23.3 Å². The first-order valence-electron chi connectivity index (χ1n) is 6.99. The summed E-state index contributed by atoms with van der Waals surface area (Å²) in [5, 5.41) is 19.2. The highest BCUT2D eigenvalue weighted by molar-refractivity contribution is 5.86. The normalized spacial score (nSPS) is 10.9. The van der Waals surface area contributed by atoms with Gasteiger partial charge >= 0.3 is 0 Å². The SMILES string of the molecule is Cc1cc2c(=O)c(-c3ccc(O)c(C=O)c3)coc2cc1CO. The van der Waals surface area contributed by atoms with Gasteiger partial charge in [-0.25, -0.2) is 0 Å². The van der Waals surface area contributed by atoms with Gasteiger partial charge < -0.3 is 14.6 Å².